The summed E-state index contributed by atoms with van der Waals surface area (Å²) in [7, 11) is 0. The van der Waals surface area contributed by atoms with Crippen LogP contribution in [0.4, 0.5) is 16.4 Å². The van der Waals surface area contributed by atoms with Gasteiger partial charge >= 0.3 is 0 Å². The lowest BCUT2D eigenvalue weighted by Crippen LogP contribution is -2.42. The molecule has 1 aliphatic heterocycles. The molecule has 230 valence electrons. The Labute approximate surface area is 271 Å². The first kappa shape index (κ1) is 31.6. The van der Waals surface area contributed by atoms with Crippen LogP contribution < -0.4 is 21.3 Å². The zero-order valence-electron chi connectivity index (χ0n) is 25.4. The van der Waals surface area contributed by atoms with Crippen molar-refractivity contribution in [2.45, 2.75) is 46.2 Å². The highest BCUT2D eigenvalue weighted by molar-refractivity contribution is 7.17. The van der Waals surface area contributed by atoms with Gasteiger partial charge in [-0.3, -0.25) is 30.3 Å². The number of fused-ring (bicyclic) bond motifs is 1. The van der Waals surface area contributed by atoms with Crippen LogP contribution in [-0.4, -0.2) is 35.2 Å². The highest BCUT2D eigenvalue weighted by Crippen LogP contribution is 2.40. The number of carbonyl (C=O) groups is 2. The number of carbonyl (C=O) groups excluding carboxylic acids is 2. The Morgan fingerprint density at radius 1 is 1.07 bits per heavy atom. The molecule has 11 heteroatoms. The molecular formula is C34H34ClN7O2S. The standard InChI is InChI=1S/C34H34ClN7O2S/c1-18-20(3)45-34-30(18)31(23-13-15-25(35)16-14-23)40-28(32(38)42(34)21(4)36)17-29(43)39-19(2)22-9-11-24(12-10-22)33(44)41-27-8-6-5-7-26(27)37/h5-16,19,28,36,38H,17,37H2,1-4H3,(H,39,43)(H,41,44)/t19?,28-/m0/s1. The summed E-state index contributed by atoms with van der Waals surface area (Å²) in [5.74, 6) is -0.347. The quantitative estimate of drug-likeness (QED) is 0.0832. The minimum absolute atomic E-state index is 0.0613. The fraction of sp³-hybridized carbons (Fsp3) is 0.206. The van der Waals surface area contributed by atoms with E-state index in [1.54, 1.807) is 72.5 Å². The Hall–Kier alpha value is -4.80. The molecule has 3 aromatic carbocycles. The third-order valence-corrected chi connectivity index (χ3v) is 9.18. The second-order valence-corrected chi connectivity index (χ2v) is 12.6. The van der Waals surface area contributed by atoms with Crippen molar-refractivity contribution in [3.63, 3.8) is 0 Å². The van der Waals surface area contributed by atoms with Gasteiger partial charge in [-0.1, -0.05) is 48.0 Å². The molecule has 2 atom stereocenters. The van der Waals surface area contributed by atoms with Crippen molar-refractivity contribution in [1.82, 2.24) is 5.32 Å². The molecule has 1 unspecified atom stereocenters. The van der Waals surface area contributed by atoms with Gasteiger partial charge in [-0.25, -0.2) is 0 Å². The summed E-state index contributed by atoms with van der Waals surface area (Å²) in [6.45, 7) is 7.52. The zero-order chi connectivity index (χ0) is 32.4. The number of nitrogens with one attached hydrogen (secondary N) is 4. The predicted octanol–water partition coefficient (Wildman–Crippen LogP) is 7.12. The molecule has 0 fully saturated rings. The van der Waals surface area contributed by atoms with Crippen LogP contribution in [0.3, 0.4) is 0 Å². The number of hydrogen-bond donors (Lipinski definition) is 5. The number of para-hydroxylation sites is 2. The van der Waals surface area contributed by atoms with Crippen molar-refractivity contribution in [2.75, 3.05) is 16.0 Å². The Kier molecular flexibility index (Phi) is 9.17. The molecule has 2 heterocycles. The van der Waals surface area contributed by atoms with E-state index in [0.29, 0.717) is 27.7 Å². The lowest BCUT2D eigenvalue weighted by molar-refractivity contribution is -0.121. The summed E-state index contributed by atoms with van der Waals surface area (Å²) < 4.78 is 0. The molecule has 0 saturated heterocycles. The number of aryl methyl sites for hydroxylation is 1. The molecule has 0 bridgehead atoms. The molecule has 45 heavy (non-hydrogen) atoms. The van der Waals surface area contributed by atoms with Crippen molar-refractivity contribution in [1.29, 1.82) is 10.8 Å². The van der Waals surface area contributed by atoms with Gasteiger partial charge in [0.25, 0.3) is 5.91 Å². The van der Waals surface area contributed by atoms with Crippen LogP contribution in [-0.2, 0) is 4.79 Å². The monoisotopic (exact) mass is 639 g/mol. The lowest BCUT2D eigenvalue weighted by atomic mass is 9.99. The molecule has 6 N–H and O–H groups in total. The summed E-state index contributed by atoms with van der Waals surface area (Å²) in [6, 6.07) is 20.2. The van der Waals surface area contributed by atoms with Crippen molar-refractivity contribution in [2.24, 2.45) is 4.99 Å². The smallest absolute Gasteiger partial charge is 0.255 e. The topological polar surface area (TPSA) is 148 Å². The number of nitrogen functional groups attached to an aromatic ring is 1. The van der Waals surface area contributed by atoms with Gasteiger partial charge in [-0.2, -0.15) is 0 Å². The first-order valence-electron chi connectivity index (χ1n) is 14.4. The lowest BCUT2D eigenvalue weighted by Gasteiger charge is -2.25. The van der Waals surface area contributed by atoms with Gasteiger partial charge in [0, 0.05) is 26.6 Å². The van der Waals surface area contributed by atoms with Crippen LogP contribution in [0.5, 0.6) is 0 Å². The number of amidine groups is 2. The van der Waals surface area contributed by atoms with E-state index < -0.39 is 6.04 Å². The predicted molar refractivity (Wildman–Crippen MR) is 185 cm³/mol. The third-order valence-electron chi connectivity index (χ3n) is 7.74. The van der Waals surface area contributed by atoms with Crippen LogP contribution in [0, 0.1) is 24.7 Å². The van der Waals surface area contributed by atoms with E-state index in [1.807, 2.05) is 32.9 Å². The molecule has 0 saturated carbocycles. The van der Waals surface area contributed by atoms with Gasteiger partial charge in [0.15, 0.2) is 0 Å². The van der Waals surface area contributed by atoms with E-state index in [9.17, 15) is 9.59 Å². The van der Waals surface area contributed by atoms with Crippen molar-refractivity contribution in [3.05, 3.63) is 111 Å². The third kappa shape index (κ3) is 6.67. The van der Waals surface area contributed by atoms with Crippen molar-refractivity contribution >= 4 is 68.5 Å². The number of hydrogen-bond acceptors (Lipinski definition) is 7. The van der Waals surface area contributed by atoms with Gasteiger partial charge in [0.2, 0.25) is 5.91 Å². The van der Waals surface area contributed by atoms with Crippen molar-refractivity contribution in [3.8, 4) is 0 Å². The number of anilines is 3. The molecular weight excluding hydrogens is 606 g/mol. The number of rotatable bonds is 7. The average Bonchev–Trinajstić information content (AvgIpc) is 3.22. The van der Waals surface area contributed by atoms with E-state index >= 15 is 0 Å². The van der Waals surface area contributed by atoms with Crippen LogP contribution in [0.1, 0.15) is 63.8 Å². The summed E-state index contributed by atoms with van der Waals surface area (Å²) in [5, 5.41) is 24.8. The number of thiophene rings is 1. The van der Waals surface area contributed by atoms with Crippen LogP contribution >= 0.6 is 22.9 Å². The van der Waals surface area contributed by atoms with Gasteiger partial charge in [-0.15, -0.1) is 11.3 Å². The fourth-order valence-electron chi connectivity index (χ4n) is 5.18. The molecule has 0 spiro atoms. The molecule has 5 rings (SSSR count). The molecule has 2 amide bonds. The maximum atomic E-state index is 13.4. The highest BCUT2D eigenvalue weighted by Gasteiger charge is 2.35. The molecule has 4 aromatic rings. The number of aliphatic imine (C=N–C) groups is 1. The van der Waals surface area contributed by atoms with Gasteiger partial charge < -0.3 is 16.4 Å². The maximum Gasteiger partial charge on any atom is 0.255 e. The molecule has 1 aromatic heterocycles. The second-order valence-electron chi connectivity index (χ2n) is 10.9. The van der Waals surface area contributed by atoms with Crippen LogP contribution in [0.25, 0.3) is 0 Å². The largest absolute Gasteiger partial charge is 0.397 e. The normalized spacial score (nSPS) is 15.0. The Bertz CT molecular complexity index is 1830. The fourth-order valence-corrected chi connectivity index (χ4v) is 6.52. The second kappa shape index (κ2) is 13.1. The number of benzene rings is 3. The molecule has 0 radical (unpaired) electrons. The minimum atomic E-state index is -0.834. The Morgan fingerprint density at radius 2 is 1.73 bits per heavy atom. The van der Waals surface area contributed by atoms with Gasteiger partial charge in [-0.05, 0) is 75.2 Å². The van der Waals surface area contributed by atoms with E-state index in [1.165, 1.54) is 11.3 Å². The summed E-state index contributed by atoms with van der Waals surface area (Å²) in [5.41, 5.74) is 11.6. The van der Waals surface area contributed by atoms with E-state index in [4.69, 9.17) is 33.1 Å². The van der Waals surface area contributed by atoms with E-state index in [0.717, 1.165) is 32.1 Å². The van der Waals surface area contributed by atoms with Crippen LogP contribution in [0.15, 0.2) is 77.8 Å². The minimum Gasteiger partial charge on any atom is -0.397 e. The zero-order valence-corrected chi connectivity index (χ0v) is 26.9. The Balaban J connectivity index is 1.36. The average molecular weight is 640 g/mol. The number of amides is 2. The van der Waals surface area contributed by atoms with E-state index in [-0.39, 0.29) is 35.9 Å². The maximum absolute atomic E-state index is 13.4. The van der Waals surface area contributed by atoms with E-state index in [2.05, 4.69) is 10.6 Å². The van der Waals surface area contributed by atoms with Gasteiger partial charge in [0.1, 0.15) is 22.7 Å². The number of nitrogens with two attached hydrogens (primary N) is 1. The van der Waals surface area contributed by atoms with Crippen molar-refractivity contribution < 1.29 is 9.59 Å². The summed E-state index contributed by atoms with van der Waals surface area (Å²) >= 11 is 7.69. The summed E-state index contributed by atoms with van der Waals surface area (Å²) in [6.07, 6.45) is -0.0873. The molecule has 1 aliphatic rings. The first-order valence-corrected chi connectivity index (χ1v) is 15.6. The highest BCUT2D eigenvalue weighted by atomic mass is 35.5. The summed E-state index contributed by atoms with van der Waals surface area (Å²) in [4.78, 5) is 33.8. The number of halogens is 1. The molecule has 0 aliphatic carbocycles. The Morgan fingerprint density at radius 3 is 2.38 bits per heavy atom. The van der Waals surface area contributed by atoms with Gasteiger partial charge in [0.05, 0.1) is 29.5 Å². The SMILES string of the molecule is CC(=N)N1C(=N)[C@H](CC(=O)NC(C)c2ccc(C(=O)Nc3ccccc3N)cc2)N=C(c2ccc(Cl)cc2)c2c1sc(C)c2C. The van der Waals surface area contributed by atoms with Crippen LogP contribution in [0.2, 0.25) is 5.02 Å². The first-order chi connectivity index (χ1) is 21.4. The molecule has 9 nitrogen and oxygen atoms in total. The number of nitrogens with zero attached hydrogens (tertiary/aromatic N) is 2.